The molecule has 1 aliphatic rings. The summed E-state index contributed by atoms with van der Waals surface area (Å²) < 4.78 is 10.9. The number of nitrogens with zero attached hydrogens (tertiary/aromatic N) is 2. The number of likely N-dealkylation sites (tertiary alicyclic amines) is 1. The molecule has 43 heavy (non-hydrogen) atoms. The van der Waals surface area contributed by atoms with Crippen LogP contribution in [0.15, 0.2) is 0 Å². The van der Waals surface area contributed by atoms with Crippen LogP contribution in [-0.4, -0.2) is 127 Å². The van der Waals surface area contributed by atoms with Gasteiger partial charge in [-0.1, -0.05) is 20.8 Å². The Bertz CT molecular complexity index is 996. The second-order valence-electron chi connectivity index (χ2n) is 10.7. The first-order valence-electron chi connectivity index (χ1n) is 14.4. The molecule has 1 heterocycles. The minimum atomic E-state index is -0.953. The summed E-state index contributed by atoms with van der Waals surface area (Å²) in [4.78, 5) is 87.7. The highest BCUT2D eigenvalue weighted by Gasteiger charge is 2.36. The number of aldehydes is 1. The van der Waals surface area contributed by atoms with Crippen LogP contribution in [0.4, 0.5) is 0 Å². The molecule has 0 aromatic carbocycles. The fraction of sp³-hybridized carbons (Fsp3) is 0.750. The van der Waals surface area contributed by atoms with E-state index in [4.69, 9.17) is 15.2 Å². The highest BCUT2D eigenvalue weighted by Crippen LogP contribution is 2.18. The summed E-state index contributed by atoms with van der Waals surface area (Å²) >= 11 is 1.07. The second-order valence-corrected chi connectivity index (χ2v) is 11.9. The van der Waals surface area contributed by atoms with Crippen LogP contribution in [0.1, 0.15) is 53.4 Å². The predicted octanol–water partition coefficient (Wildman–Crippen LogP) is -0.732. The Morgan fingerprint density at radius 3 is 2.33 bits per heavy atom. The summed E-state index contributed by atoms with van der Waals surface area (Å²) in [5.74, 6) is -2.30. The minimum absolute atomic E-state index is 0.0247. The number of Topliss-reactive ketones (excluding diaryl/α,β-unsaturated/α-hetero) is 1. The maximum atomic E-state index is 12.9. The molecule has 5 amide bonds. The highest BCUT2D eigenvalue weighted by atomic mass is 32.2. The van der Waals surface area contributed by atoms with Crippen molar-refractivity contribution in [1.82, 2.24) is 20.4 Å². The van der Waals surface area contributed by atoms with Gasteiger partial charge in [0.05, 0.1) is 37.3 Å². The van der Waals surface area contributed by atoms with Crippen LogP contribution in [0.25, 0.3) is 0 Å². The van der Waals surface area contributed by atoms with Crippen molar-refractivity contribution in [3.05, 3.63) is 0 Å². The predicted molar refractivity (Wildman–Crippen MR) is 160 cm³/mol. The summed E-state index contributed by atoms with van der Waals surface area (Å²) in [5.41, 5.74) is 5.98. The summed E-state index contributed by atoms with van der Waals surface area (Å²) in [6, 6.07) is -0.790. The summed E-state index contributed by atoms with van der Waals surface area (Å²) in [6.07, 6.45) is -0.936. The number of ketones is 1. The average molecular weight is 630 g/mol. The first-order valence-corrected chi connectivity index (χ1v) is 15.5. The van der Waals surface area contributed by atoms with Crippen molar-refractivity contribution in [3.63, 3.8) is 0 Å². The second kappa shape index (κ2) is 19.4. The van der Waals surface area contributed by atoms with Crippen LogP contribution in [0.5, 0.6) is 0 Å². The largest absolute Gasteiger partial charge is 0.368 e. The number of likely N-dealkylation sites (N-methyl/N-ethyl adjacent to an activating group) is 1. The molecule has 0 aromatic rings. The fourth-order valence-electron chi connectivity index (χ4n) is 3.92. The van der Waals surface area contributed by atoms with Gasteiger partial charge in [0, 0.05) is 51.3 Å². The zero-order valence-electron chi connectivity index (χ0n) is 26.0. The molecule has 0 aliphatic carbocycles. The molecule has 0 aromatic heterocycles. The molecular weight excluding hydrogens is 582 g/mol. The van der Waals surface area contributed by atoms with Crippen molar-refractivity contribution in [2.45, 2.75) is 82.9 Å². The molecule has 0 radical (unpaired) electrons. The molecule has 1 rings (SSSR count). The fourth-order valence-corrected chi connectivity index (χ4v) is 5.03. The van der Waals surface area contributed by atoms with Gasteiger partial charge in [0.25, 0.3) is 5.91 Å². The van der Waals surface area contributed by atoms with Gasteiger partial charge in [-0.15, -0.1) is 11.8 Å². The molecule has 1 saturated heterocycles. The smallest absolute Gasteiger partial charge is 0.258 e. The third-order valence-electron chi connectivity index (χ3n) is 7.06. The van der Waals surface area contributed by atoms with Crippen molar-refractivity contribution in [1.29, 1.82) is 0 Å². The van der Waals surface area contributed by atoms with Crippen molar-refractivity contribution >= 4 is 53.4 Å². The van der Waals surface area contributed by atoms with E-state index in [1.165, 1.54) is 7.05 Å². The van der Waals surface area contributed by atoms with Crippen molar-refractivity contribution in [2.24, 2.45) is 11.7 Å². The number of carbonyl (C=O) groups is 7. The molecule has 4 N–H and O–H groups in total. The van der Waals surface area contributed by atoms with Gasteiger partial charge in [0.1, 0.15) is 18.5 Å². The lowest BCUT2D eigenvalue weighted by Gasteiger charge is -2.25. The third kappa shape index (κ3) is 13.1. The van der Waals surface area contributed by atoms with E-state index in [1.807, 2.05) is 13.8 Å². The van der Waals surface area contributed by atoms with Crippen LogP contribution in [0, 0.1) is 5.92 Å². The number of hydrogen-bond donors (Lipinski definition) is 3. The SMILES string of the molecule is CCC(C)N(C)C(=O)CC(C=O)OCCNC(=O)CC(SCC(N)C(=O)C(C)C)C(=O)NCCOC1CC(=O)N(C)C1=O. The average Bonchev–Trinajstić information content (AvgIpc) is 3.23. The van der Waals surface area contributed by atoms with Gasteiger partial charge in [-0.05, 0) is 13.3 Å². The first kappa shape index (κ1) is 38.1. The van der Waals surface area contributed by atoms with Gasteiger partial charge in [0.15, 0.2) is 5.78 Å². The zero-order valence-corrected chi connectivity index (χ0v) is 26.8. The molecule has 0 saturated carbocycles. The molecule has 244 valence electrons. The van der Waals surface area contributed by atoms with Crippen LogP contribution in [-0.2, 0) is 43.0 Å². The first-order chi connectivity index (χ1) is 20.2. The summed E-state index contributed by atoms with van der Waals surface area (Å²) in [5, 5.41) is 4.40. The lowest BCUT2D eigenvalue weighted by Crippen LogP contribution is -2.42. The summed E-state index contributed by atoms with van der Waals surface area (Å²) in [6.45, 7) is 7.33. The van der Waals surface area contributed by atoms with Crippen LogP contribution in [0.3, 0.4) is 0 Å². The maximum Gasteiger partial charge on any atom is 0.258 e. The number of nitrogens with one attached hydrogen (secondary N) is 2. The number of amides is 5. The lowest BCUT2D eigenvalue weighted by atomic mass is 10.0. The van der Waals surface area contributed by atoms with Crippen molar-refractivity contribution in [2.75, 3.05) is 46.2 Å². The number of imide groups is 1. The number of rotatable bonds is 21. The lowest BCUT2D eigenvalue weighted by molar-refractivity contribution is -0.140. The number of ether oxygens (including phenoxy) is 2. The van der Waals surface area contributed by atoms with E-state index in [-0.39, 0.29) is 80.9 Å². The van der Waals surface area contributed by atoms with E-state index < -0.39 is 41.2 Å². The number of carbonyl (C=O) groups excluding carboxylic acids is 7. The van der Waals surface area contributed by atoms with Crippen LogP contribution < -0.4 is 16.4 Å². The molecular formula is C28H47N5O9S. The maximum absolute atomic E-state index is 12.9. The molecule has 0 spiro atoms. The van der Waals surface area contributed by atoms with Crippen LogP contribution >= 0.6 is 11.8 Å². The quantitative estimate of drug-likeness (QED) is 0.0823. The Morgan fingerprint density at radius 2 is 1.77 bits per heavy atom. The molecule has 1 aliphatic heterocycles. The van der Waals surface area contributed by atoms with Crippen LogP contribution in [0.2, 0.25) is 0 Å². The molecule has 1 fully saturated rings. The number of thioether (sulfide) groups is 1. The standard InChI is InChI=1S/C28H47N5O9S/c1-7-18(4)32(5)24(36)12-19(15-34)41-10-8-30-23(35)14-22(43-16-20(29)26(38)17(2)3)27(39)31-9-11-42-21-13-25(37)33(6)28(21)40/h15,17-22H,7-14,16,29H2,1-6H3,(H,30,35)(H,31,39). The van der Waals surface area contributed by atoms with Gasteiger partial charge in [-0.2, -0.15) is 0 Å². The van der Waals surface area contributed by atoms with Gasteiger partial charge < -0.3 is 35.5 Å². The van der Waals surface area contributed by atoms with E-state index in [9.17, 15) is 33.6 Å². The zero-order chi connectivity index (χ0) is 32.7. The van der Waals surface area contributed by atoms with Gasteiger partial charge in [-0.3, -0.25) is 33.7 Å². The van der Waals surface area contributed by atoms with E-state index in [0.717, 1.165) is 23.1 Å². The molecule has 5 unspecified atom stereocenters. The molecule has 14 nitrogen and oxygen atoms in total. The normalized spacial score (nSPS) is 17.8. The molecule has 15 heteroatoms. The Kier molecular flexibility index (Phi) is 17.2. The van der Waals surface area contributed by atoms with Crippen molar-refractivity contribution < 1.29 is 43.0 Å². The van der Waals surface area contributed by atoms with Gasteiger partial charge in [0.2, 0.25) is 23.6 Å². The Balaban J connectivity index is 2.61. The monoisotopic (exact) mass is 629 g/mol. The van der Waals surface area contributed by atoms with E-state index in [1.54, 1.807) is 25.8 Å². The Morgan fingerprint density at radius 1 is 1.12 bits per heavy atom. The minimum Gasteiger partial charge on any atom is -0.368 e. The molecule has 0 bridgehead atoms. The van der Waals surface area contributed by atoms with Gasteiger partial charge >= 0.3 is 0 Å². The Hall–Kier alpha value is -2.88. The number of hydrogen-bond acceptors (Lipinski definition) is 11. The van der Waals surface area contributed by atoms with E-state index in [2.05, 4.69) is 10.6 Å². The summed E-state index contributed by atoms with van der Waals surface area (Å²) in [7, 11) is 3.04. The van der Waals surface area contributed by atoms with Crippen molar-refractivity contribution in [3.8, 4) is 0 Å². The molecule has 5 atom stereocenters. The Labute approximate surface area is 257 Å². The third-order valence-corrected chi connectivity index (χ3v) is 8.40. The van der Waals surface area contributed by atoms with Gasteiger partial charge in [-0.25, -0.2) is 0 Å². The highest BCUT2D eigenvalue weighted by molar-refractivity contribution is 8.00. The van der Waals surface area contributed by atoms with E-state index >= 15 is 0 Å². The topological polar surface area (TPSA) is 195 Å². The number of nitrogens with two attached hydrogens (primary N) is 1. The van der Waals surface area contributed by atoms with E-state index in [0.29, 0.717) is 6.29 Å².